The van der Waals surface area contributed by atoms with Crippen LogP contribution in [0.5, 0.6) is 0 Å². The lowest BCUT2D eigenvalue weighted by Gasteiger charge is -2.15. The molecule has 2 aromatic rings. The van der Waals surface area contributed by atoms with Crippen molar-refractivity contribution >= 4 is 23.4 Å². The Labute approximate surface area is 132 Å². The molecule has 2 fully saturated rings. The van der Waals surface area contributed by atoms with Gasteiger partial charge in [-0.15, -0.1) is 11.8 Å². The van der Waals surface area contributed by atoms with Crippen LogP contribution in [-0.4, -0.2) is 22.2 Å². The van der Waals surface area contributed by atoms with E-state index >= 15 is 0 Å². The number of fused-ring (bicyclic) bond motifs is 2. The minimum atomic E-state index is 0.408. The molecule has 4 rings (SSSR count). The average molecular weight is 322 g/mol. The minimum Gasteiger partial charge on any atom is -0.339 e. The fourth-order valence-corrected chi connectivity index (χ4v) is 4.12. The summed E-state index contributed by atoms with van der Waals surface area (Å²) >= 11 is 7.58. The lowest BCUT2D eigenvalue weighted by Crippen LogP contribution is -2.21. The van der Waals surface area contributed by atoms with Crippen molar-refractivity contribution in [3.63, 3.8) is 0 Å². The number of thioether (sulfide) groups is 1. The molecule has 2 saturated heterocycles. The van der Waals surface area contributed by atoms with Crippen molar-refractivity contribution in [2.75, 3.05) is 0 Å². The van der Waals surface area contributed by atoms with E-state index in [0.717, 1.165) is 33.8 Å². The topological polar surface area (TPSA) is 51.0 Å². The monoisotopic (exact) mass is 321 g/mol. The number of hydrogen-bond acceptors (Lipinski definition) is 5. The Morgan fingerprint density at radius 3 is 2.86 bits per heavy atom. The van der Waals surface area contributed by atoms with Crippen LogP contribution in [0.15, 0.2) is 33.7 Å². The molecule has 2 aliphatic rings. The van der Waals surface area contributed by atoms with Gasteiger partial charge in [-0.05, 0) is 43.5 Å². The van der Waals surface area contributed by atoms with Crippen LogP contribution in [-0.2, 0) is 5.75 Å². The van der Waals surface area contributed by atoms with E-state index in [9.17, 15) is 0 Å². The van der Waals surface area contributed by atoms with E-state index in [4.69, 9.17) is 16.1 Å². The summed E-state index contributed by atoms with van der Waals surface area (Å²) in [5.74, 6) is 2.71. The maximum Gasteiger partial charge on any atom is 0.231 e. The summed E-state index contributed by atoms with van der Waals surface area (Å²) < 4.78 is 5.47. The van der Waals surface area contributed by atoms with Crippen LogP contribution in [0.4, 0.5) is 0 Å². The molecule has 3 atom stereocenters. The zero-order valence-electron chi connectivity index (χ0n) is 11.5. The summed E-state index contributed by atoms with van der Waals surface area (Å²) in [6, 6.07) is 8.99. The van der Waals surface area contributed by atoms with Gasteiger partial charge in [0.15, 0.2) is 5.82 Å². The van der Waals surface area contributed by atoms with Crippen molar-refractivity contribution in [2.45, 2.75) is 47.9 Å². The van der Waals surface area contributed by atoms with Crippen molar-refractivity contribution in [2.24, 2.45) is 0 Å². The molecule has 0 aliphatic carbocycles. The average Bonchev–Trinajstić information content (AvgIpc) is 3.22. The van der Waals surface area contributed by atoms with E-state index in [2.05, 4.69) is 15.5 Å². The molecule has 1 aromatic carbocycles. The second-order valence-electron chi connectivity index (χ2n) is 5.68. The fourth-order valence-electron chi connectivity index (χ4n) is 3.25. The normalized spacial score (nSPS) is 27.4. The Hall–Kier alpha value is -1.04. The smallest absolute Gasteiger partial charge is 0.231 e. The predicted octanol–water partition coefficient (Wildman–Crippen LogP) is 3.62. The van der Waals surface area contributed by atoms with Gasteiger partial charge < -0.3 is 9.84 Å². The molecule has 4 nitrogen and oxygen atoms in total. The molecule has 6 heteroatoms. The molecule has 1 N–H and O–H groups in total. The number of aromatic nitrogens is 2. The first-order valence-corrected chi connectivity index (χ1v) is 8.61. The van der Waals surface area contributed by atoms with Gasteiger partial charge in [0, 0.05) is 22.0 Å². The molecule has 2 aliphatic heterocycles. The van der Waals surface area contributed by atoms with Gasteiger partial charge in [0.25, 0.3) is 0 Å². The molecule has 3 unspecified atom stereocenters. The summed E-state index contributed by atoms with van der Waals surface area (Å²) in [4.78, 5) is 5.74. The highest BCUT2D eigenvalue weighted by Crippen LogP contribution is 2.39. The third-order valence-corrected chi connectivity index (χ3v) is 5.54. The maximum absolute atomic E-state index is 5.88. The number of rotatable bonds is 4. The Morgan fingerprint density at radius 2 is 2.14 bits per heavy atom. The van der Waals surface area contributed by atoms with E-state index < -0.39 is 0 Å². The Balaban J connectivity index is 1.39. The van der Waals surface area contributed by atoms with Crippen LogP contribution in [0, 0.1) is 0 Å². The summed E-state index contributed by atoms with van der Waals surface area (Å²) in [7, 11) is 0. The van der Waals surface area contributed by atoms with Gasteiger partial charge in [-0.25, -0.2) is 0 Å². The van der Waals surface area contributed by atoms with Crippen molar-refractivity contribution in [3.8, 4) is 0 Å². The van der Waals surface area contributed by atoms with E-state index in [1.54, 1.807) is 11.8 Å². The molecular weight excluding hydrogens is 306 g/mol. The quantitative estimate of drug-likeness (QED) is 0.872. The summed E-state index contributed by atoms with van der Waals surface area (Å²) in [6.45, 7) is 0. The highest BCUT2D eigenvalue weighted by atomic mass is 35.5. The first-order valence-electron chi connectivity index (χ1n) is 7.25. The molecule has 2 bridgehead atoms. The number of nitrogens with one attached hydrogen (secondary N) is 1. The van der Waals surface area contributed by atoms with Crippen LogP contribution in [0.25, 0.3) is 0 Å². The van der Waals surface area contributed by atoms with Crippen LogP contribution in [0.1, 0.15) is 36.9 Å². The fraction of sp³-hybridized carbons (Fsp3) is 0.467. The second kappa shape index (κ2) is 5.63. The molecule has 0 spiro atoms. The first kappa shape index (κ1) is 13.6. The summed E-state index contributed by atoms with van der Waals surface area (Å²) in [5, 5.41) is 8.47. The Morgan fingerprint density at radius 1 is 1.29 bits per heavy atom. The zero-order valence-corrected chi connectivity index (χ0v) is 13.0. The van der Waals surface area contributed by atoms with E-state index in [-0.39, 0.29) is 0 Å². The van der Waals surface area contributed by atoms with Gasteiger partial charge in [0.05, 0.1) is 11.7 Å². The lowest BCUT2D eigenvalue weighted by atomic mass is 9.89. The molecule has 0 amide bonds. The molecular formula is C15H16ClN3OS. The molecule has 110 valence electrons. The van der Waals surface area contributed by atoms with Gasteiger partial charge in [-0.1, -0.05) is 16.8 Å². The number of nitrogens with zero attached hydrogens (tertiary/aromatic N) is 2. The molecule has 1 aromatic heterocycles. The summed E-state index contributed by atoms with van der Waals surface area (Å²) in [5.41, 5.74) is 0. The summed E-state index contributed by atoms with van der Waals surface area (Å²) in [6.07, 6.45) is 3.65. The van der Waals surface area contributed by atoms with Gasteiger partial charge in [0.2, 0.25) is 5.89 Å². The molecule has 21 heavy (non-hydrogen) atoms. The van der Waals surface area contributed by atoms with Crippen LogP contribution < -0.4 is 5.32 Å². The predicted molar refractivity (Wildman–Crippen MR) is 82.6 cm³/mol. The first-order chi connectivity index (χ1) is 10.3. The largest absolute Gasteiger partial charge is 0.339 e. The highest BCUT2D eigenvalue weighted by molar-refractivity contribution is 7.98. The Kier molecular flexibility index (Phi) is 3.65. The van der Waals surface area contributed by atoms with Crippen molar-refractivity contribution in [3.05, 3.63) is 41.0 Å². The number of halogens is 1. The Bertz CT molecular complexity index is 630. The SMILES string of the molecule is Clc1ccc(SCc2noc(C3CC4CCC3N4)n2)cc1. The number of hydrogen-bond donors (Lipinski definition) is 1. The van der Waals surface area contributed by atoms with E-state index in [1.807, 2.05) is 24.3 Å². The van der Waals surface area contributed by atoms with Crippen LogP contribution >= 0.6 is 23.4 Å². The van der Waals surface area contributed by atoms with Crippen LogP contribution in [0.3, 0.4) is 0 Å². The van der Waals surface area contributed by atoms with Crippen LogP contribution in [0.2, 0.25) is 5.02 Å². The standard InChI is InChI=1S/C15H16ClN3OS/c16-9-1-4-11(5-2-9)21-8-14-18-15(20-19-14)12-7-10-3-6-13(12)17-10/h1-2,4-5,10,12-13,17H,3,6-8H2. The van der Waals surface area contributed by atoms with Gasteiger partial charge in [-0.2, -0.15) is 4.98 Å². The zero-order chi connectivity index (χ0) is 14.2. The highest BCUT2D eigenvalue weighted by Gasteiger charge is 2.42. The third-order valence-electron chi connectivity index (χ3n) is 4.28. The lowest BCUT2D eigenvalue weighted by molar-refractivity contribution is 0.327. The number of benzene rings is 1. The second-order valence-corrected chi connectivity index (χ2v) is 7.17. The van der Waals surface area contributed by atoms with Gasteiger partial charge in [-0.3, -0.25) is 0 Å². The van der Waals surface area contributed by atoms with Crippen molar-refractivity contribution < 1.29 is 4.52 Å². The molecule has 0 saturated carbocycles. The van der Waals surface area contributed by atoms with Gasteiger partial charge >= 0.3 is 0 Å². The van der Waals surface area contributed by atoms with E-state index in [1.165, 1.54) is 12.8 Å². The minimum absolute atomic E-state index is 0.408. The molecule has 3 heterocycles. The maximum atomic E-state index is 5.88. The van der Waals surface area contributed by atoms with Gasteiger partial charge in [0.1, 0.15) is 0 Å². The third kappa shape index (κ3) is 2.82. The van der Waals surface area contributed by atoms with Crippen molar-refractivity contribution in [1.82, 2.24) is 15.5 Å². The molecule has 0 radical (unpaired) electrons. The van der Waals surface area contributed by atoms with Crippen molar-refractivity contribution in [1.29, 1.82) is 0 Å². The van der Waals surface area contributed by atoms with E-state index in [0.29, 0.717) is 18.0 Å².